The van der Waals surface area contributed by atoms with Crippen LogP contribution >= 0.6 is 0 Å². The normalized spacial score (nSPS) is 10.3. The summed E-state index contributed by atoms with van der Waals surface area (Å²) in [4.78, 5) is 44.7. The number of hydrogen-bond acceptors (Lipinski definition) is 5. The second-order valence-electron chi connectivity index (χ2n) is 5.38. The lowest BCUT2D eigenvalue weighted by molar-refractivity contribution is -0.384. The molecule has 0 aliphatic rings. The van der Waals surface area contributed by atoms with Gasteiger partial charge in [-0.3, -0.25) is 35.3 Å². The van der Waals surface area contributed by atoms with Gasteiger partial charge in [0.15, 0.2) is 0 Å². The number of anilines is 1. The van der Waals surface area contributed by atoms with Gasteiger partial charge in [0.25, 0.3) is 17.5 Å². The number of hydrogen-bond donors (Lipinski definition) is 3. The molecule has 0 aromatic heterocycles. The Morgan fingerprint density at radius 1 is 0.963 bits per heavy atom. The number of rotatable bonds is 5. The van der Waals surface area contributed by atoms with Crippen LogP contribution in [0.2, 0.25) is 0 Å². The lowest BCUT2D eigenvalue weighted by atomic mass is 10.2. The maximum atomic E-state index is 12.0. The molecular formula is C18H16N4O5. The third-order valence-electron chi connectivity index (χ3n) is 3.30. The Labute approximate surface area is 154 Å². The third-order valence-corrected chi connectivity index (χ3v) is 3.30. The Hall–Kier alpha value is -4.01. The zero-order valence-corrected chi connectivity index (χ0v) is 14.3. The van der Waals surface area contributed by atoms with E-state index >= 15 is 0 Å². The average molecular weight is 368 g/mol. The molecule has 0 fully saturated rings. The molecule has 0 aliphatic heterocycles. The number of nitrogens with zero attached hydrogens (tertiary/aromatic N) is 1. The maximum Gasteiger partial charge on any atom is 0.269 e. The van der Waals surface area contributed by atoms with E-state index in [9.17, 15) is 24.5 Å². The molecule has 0 heterocycles. The van der Waals surface area contributed by atoms with Crippen molar-refractivity contribution in [2.45, 2.75) is 6.92 Å². The maximum absolute atomic E-state index is 12.0. The van der Waals surface area contributed by atoms with Crippen LogP contribution in [0, 0.1) is 10.1 Å². The van der Waals surface area contributed by atoms with Gasteiger partial charge in [-0.25, -0.2) is 0 Å². The highest BCUT2D eigenvalue weighted by molar-refractivity contribution is 5.98. The number of non-ortho nitro benzene ring substituents is 1. The highest BCUT2D eigenvalue weighted by Gasteiger charge is 2.07. The Morgan fingerprint density at radius 2 is 1.59 bits per heavy atom. The van der Waals surface area contributed by atoms with Crippen LogP contribution in [0.4, 0.5) is 11.4 Å². The van der Waals surface area contributed by atoms with Crippen LogP contribution in [-0.4, -0.2) is 22.6 Å². The van der Waals surface area contributed by atoms with Crippen LogP contribution in [0.15, 0.2) is 54.6 Å². The number of nitro groups is 1. The molecule has 0 radical (unpaired) electrons. The summed E-state index contributed by atoms with van der Waals surface area (Å²) >= 11 is 0. The molecule has 0 saturated carbocycles. The molecule has 0 unspecified atom stereocenters. The van der Waals surface area contributed by atoms with Crippen LogP contribution in [0.1, 0.15) is 22.8 Å². The molecule has 2 aromatic rings. The van der Waals surface area contributed by atoms with Gasteiger partial charge in [0.1, 0.15) is 0 Å². The molecule has 0 saturated heterocycles. The minimum Gasteiger partial charge on any atom is -0.326 e. The van der Waals surface area contributed by atoms with E-state index in [0.29, 0.717) is 16.8 Å². The summed E-state index contributed by atoms with van der Waals surface area (Å²) in [5.41, 5.74) is 5.87. The molecule has 27 heavy (non-hydrogen) atoms. The summed E-state index contributed by atoms with van der Waals surface area (Å²) in [6, 6.07) is 11.8. The van der Waals surface area contributed by atoms with Crippen molar-refractivity contribution in [3.05, 3.63) is 75.8 Å². The van der Waals surface area contributed by atoms with E-state index < -0.39 is 16.7 Å². The predicted octanol–water partition coefficient (Wildman–Crippen LogP) is 2.03. The van der Waals surface area contributed by atoms with Crippen molar-refractivity contribution in [3.63, 3.8) is 0 Å². The third kappa shape index (κ3) is 6.09. The first-order valence-electron chi connectivity index (χ1n) is 7.75. The van der Waals surface area contributed by atoms with Crippen molar-refractivity contribution >= 4 is 35.2 Å². The van der Waals surface area contributed by atoms with E-state index in [1.807, 2.05) is 0 Å². The minimum absolute atomic E-state index is 0.0478. The largest absolute Gasteiger partial charge is 0.326 e. The Kier molecular flexibility index (Phi) is 6.37. The number of amides is 3. The number of hydrazine groups is 1. The number of nitrogens with one attached hydrogen (secondary N) is 3. The van der Waals surface area contributed by atoms with Crippen molar-refractivity contribution in [1.82, 2.24) is 10.9 Å². The fraction of sp³-hybridized carbons (Fsp3) is 0.0556. The topological polar surface area (TPSA) is 130 Å². The summed E-state index contributed by atoms with van der Waals surface area (Å²) in [6.07, 6.45) is 2.63. The standard InChI is InChI=1S/C18H16N4O5/c1-12(23)19-15-7-5-14(6-8-15)18(25)21-20-17(24)11-4-13-2-9-16(10-3-13)22(26)27/h2-11H,1H3,(H,19,23)(H,20,24)(H,21,25)/b11-4+. The fourth-order valence-electron chi connectivity index (χ4n) is 2.02. The summed E-state index contributed by atoms with van der Waals surface area (Å²) in [6.45, 7) is 1.38. The lowest BCUT2D eigenvalue weighted by Gasteiger charge is -2.06. The SMILES string of the molecule is CC(=O)Nc1ccc(C(=O)NNC(=O)/C=C/c2ccc([N+](=O)[O-])cc2)cc1. The number of benzene rings is 2. The zero-order valence-electron chi connectivity index (χ0n) is 14.3. The number of nitro benzene ring substituents is 1. The predicted molar refractivity (Wildman–Crippen MR) is 98.5 cm³/mol. The van der Waals surface area contributed by atoms with E-state index in [4.69, 9.17) is 0 Å². The van der Waals surface area contributed by atoms with Gasteiger partial charge in [-0.05, 0) is 48.0 Å². The minimum atomic E-state index is -0.573. The molecule has 0 spiro atoms. The van der Waals surface area contributed by atoms with Crippen LogP contribution in [0.5, 0.6) is 0 Å². The molecule has 9 heteroatoms. The highest BCUT2D eigenvalue weighted by atomic mass is 16.6. The fourth-order valence-corrected chi connectivity index (χ4v) is 2.02. The average Bonchev–Trinajstić information content (AvgIpc) is 2.65. The summed E-state index contributed by atoms with van der Waals surface area (Å²) in [5, 5.41) is 13.2. The molecule has 3 amide bonds. The number of carbonyl (C=O) groups is 3. The lowest BCUT2D eigenvalue weighted by Crippen LogP contribution is -2.40. The molecule has 2 aromatic carbocycles. The molecule has 3 N–H and O–H groups in total. The van der Waals surface area contributed by atoms with E-state index in [0.717, 1.165) is 0 Å². The summed E-state index contributed by atoms with van der Waals surface area (Å²) in [5.74, 6) is -1.32. The van der Waals surface area contributed by atoms with Crippen molar-refractivity contribution in [2.75, 3.05) is 5.32 Å². The Bertz CT molecular complexity index is 889. The van der Waals surface area contributed by atoms with Gasteiger partial charge in [0, 0.05) is 36.4 Å². The monoisotopic (exact) mass is 368 g/mol. The first kappa shape index (κ1) is 19.3. The second-order valence-corrected chi connectivity index (χ2v) is 5.38. The first-order chi connectivity index (χ1) is 12.8. The van der Waals surface area contributed by atoms with Gasteiger partial charge < -0.3 is 5.32 Å². The Balaban J connectivity index is 1.86. The first-order valence-corrected chi connectivity index (χ1v) is 7.75. The summed E-state index contributed by atoms with van der Waals surface area (Å²) in [7, 11) is 0. The van der Waals surface area contributed by atoms with Crippen LogP contribution < -0.4 is 16.2 Å². The molecular weight excluding hydrogens is 352 g/mol. The van der Waals surface area contributed by atoms with Gasteiger partial charge >= 0.3 is 0 Å². The van der Waals surface area contributed by atoms with E-state index in [-0.39, 0.29) is 11.6 Å². The second kappa shape index (κ2) is 8.90. The van der Waals surface area contributed by atoms with Gasteiger partial charge in [-0.15, -0.1) is 0 Å². The van der Waals surface area contributed by atoms with Crippen LogP contribution in [-0.2, 0) is 9.59 Å². The van der Waals surface area contributed by atoms with E-state index in [2.05, 4.69) is 16.2 Å². The van der Waals surface area contributed by atoms with Crippen molar-refractivity contribution in [1.29, 1.82) is 0 Å². The molecule has 0 bridgehead atoms. The molecule has 0 aliphatic carbocycles. The Morgan fingerprint density at radius 3 is 2.15 bits per heavy atom. The van der Waals surface area contributed by atoms with Gasteiger partial charge in [0.05, 0.1) is 4.92 Å². The van der Waals surface area contributed by atoms with Gasteiger partial charge in [-0.1, -0.05) is 0 Å². The highest BCUT2D eigenvalue weighted by Crippen LogP contribution is 2.12. The van der Waals surface area contributed by atoms with Gasteiger partial charge in [0.2, 0.25) is 5.91 Å². The van der Waals surface area contributed by atoms with E-state index in [1.165, 1.54) is 55.5 Å². The van der Waals surface area contributed by atoms with Crippen molar-refractivity contribution in [3.8, 4) is 0 Å². The molecule has 2 rings (SSSR count). The smallest absolute Gasteiger partial charge is 0.269 e. The van der Waals surface area contributed by atoms with Crippen LogP contribution in [0.3, 0.4) is 0 Å². The quantitative estimate of drug-likeness (QED) is 0.422. The van der Waals surface area contributed by atoms with Crippen LogP contribution in [0.25, 0.3) is 6.08 Å². The van der Waals surface area contributed by atoms with Gasteiger partial charge in [-0.2, -0.15) is 0 Å². The molecule has 0 atom stereocenters. The molecule has 138 valence electrons. The van der Waals surface area contributed by atoms with Crippen molar-refractivity contribution in [2.24, 2.45) is 0 Å². The summed E-state index contributed by atoms with van der Waals surface area (Å²) < 4.78 is 0. The zero-order chi connectivity index (χ0) is 19.8. The number of carbonyl (C=O) groups excluding carboxylic acids is 3. The van der Waals surface area contributed by atoms with Crippen molar-refractivity contribution < 1.29 is 19.3 Å². The molecule has 9 nitrogen and oxygen atoms in total. The van der Waals surface area contributed by atoms with E-state index in [1.54, 1.807) is 12.1 Å².